The van der Waals surface area contributed by atoms with E-state index in [9.17, 15) is 4.79 Å². The molecule has 1 aliphatic heterocycles. The van der Waals surface area contributed by atoms with Gasteiger partial charge in [0, 0.05) is 19.2 Å². The molecule has 11 heavy (non-hydrogen) atoms. The van der Waals surface area contributed by atoms with Crippen molar-refractivity contribution >= 4 is 5.97 Å². The lowest BCUT2D eigenvalue weighted by molar-refractivity contribution is -0.135. The van der Waals surface area contributed by atoms with Gasteiger partial charge in [0.1, 0.15) is 0 Å². The molecule has 0 unspecified atom stereocenters. The summed E-state index contributed by atoms with van der Waals surface area (Å²) < 4.78 is 4.75. The van der Waals surface area contributed by atoms with Gasteiger partial charge in [-0.3, -0.25) is 0 Å². The average molecular weight is 155 g/mol. The van der Waals surface area contributed by atoms with Crippen LogP contribution in [0.2, 0.25) is 0 Å². The molecular weight excluding hydrogens is 142 g/mol. The van der Waals surface area contributed by atoms with Crippen molar-refractivity contribution < 1.29 is 9.53 Å². The van der Waals surface area contributed by atoms with Crippen LogP contribution in [0, 0.1) is 0 Å². The molecule has 1 heterocycles. The van der Waals surface area contributed by atoms with Crippen molar-refractivity contribution in [1.82, 2.24) is 5.32 Å². The highest BCUT2D eigenvalue weighted by atomic mass is 16.5. The Balaban J connectivity index is 2.33. The highest BCUT2D eigenvalue weighted by Crippen LogP contribution is 2.10. The first kappa shape index (κ1) is 8.11. The van der Waals surface area contributed by atoms with Crippen LogP contribution in [-0.2, 0) is 9.53 Å². The minimum atomic E-state index is -0.173. The first-order chi connectivity index (χ1) is 5.34. The van der Waals surface area contributed by atoms with E-state index in [0.29, 0.717) is 6.61 Å². The van der Waals surface area contributed by atoms with Crippen LogP contribution in [0.4, 0.5) is 0 Å². The van der Waals surface area contributed by atoms with Gasteiger partial charge in [0.25, 0.3) is 0 Å². The number of carbonyl (C=O) groups is 1. The number of hydrogen-bond acceptors (Lipinski definition) is 3. The SMILES string of the molecule is CCCN/C=C1/CCOC1=O. The van der Waals surface area contributed by atoms with E-state index in [4.69, 9.17) is 4.74 Å². The number of nitrogens with one attached hydrogen (secondary N) is 1. The van der Waals surface area contributed by atoms with Crippen LogP contribution in [0.1, 0.15) is 19.8 Å². The quantitative estimate of drug-likeness (QED) is 0.372. The van der Waals surface area contributed by atoms with Crippen LogP contribution in [0.3, 0.4) is 0 Å². The Hall–Kier alpha value is -0.990. The molecule has 0 aromatic carbocycles. The van der Waals surface area contributed by atoms with Crippen LogP contribution in [0.15, 0.2) is 11.8 Å². The van der Waals surface area contributed by atoms with Gasteiger partial charge in [-0.2, -0.15) is 0 Å². The first-order valence-corrected chi connectivity index (χ1v) is 3.94. The zero-order valence-electron chi connectivity index (χ0n) is 6.72. The Morgan fingerprint density at radius 1 is 1.73 bits per heavy atom. The van der Waals surface area contributed by atoms with E-state index in [1.165, 1.54) is 0 Å². The Labute approximate surface area is 66.4 Å². The molecule has 0 aromatic rings. The molecule has 62 valence electrons. The molecule has 1 rings (SSSR count). The molecule has 0 aliphatic carbocycles. The van der Waals surface area contributed by atoms with Gasteiger partial charge in [0.15, 0.2) is 0 Å². The van der Waals surface area contributed by atoms with Gasteiger partial charge < -0.3 is 10.1 Å². The summed E-state index contributed by atoms with van der Waals surface area (Å²) >= 11 is 0. The highest BCUT2D eigenvalue weighted by Gasteiger charge is 2.17. The lowest BCUT2D eigenvalue weighted by Crippen LogP contribution is -2.08. The highest BCUT2D eigenvalue weighted by molar-refractivity contribution is 5.90. The summed E-state index contributed by atoms with van der Waals surface area (Å²) in [6.07, 6.45) is 3.58. The fourth-order valence-corrected chi connectivity index (χ4v) is 0.919. The van der Waals surface area contributed by atoms with Crippen LogP contribution in [-0.4, -0.2) is 19.1 Å². The van der Waals surface area contributed by atoms with Crippen LogP contribution < -0.4 is 5.32 Å². The van der Waals surface area contributed by atoms with Gasteiger partial charge in [0.2, 0.25) is 0 Å². The zero-order chi connectivity index (χ0) is 8.10. The number of hydrogen-bond donors (Lipinski definition) is 1. The maximum Gasteiger partial charge on any atom is 0.335 e. The Morgan fingerprint density at radius 3 is 3.09 bits per heavy atom. The molecule has 0 spiro atoms. The summed E-state index contributed by atoms with van der Waals surface area (Å²) in [5, 5.41) is 3.04. The van der Waals surface area contributed by atoms with Crippen LogP contribution >= 0.6 is 0 Å². The van der Waals surface area contributed by atoms with E-state index in [2.05, 4.69) is 12.2 Å². The van der Waals surface area contributed by atoms with Gasteiger partial charge in [0.05, 0.1) is 12.2 Å². The summed E-state index contributed by atoms with van der Waals surface area (Å²) in [6.45, 7) is 3.54. The maximum atomic E-state index is 10.8. The molecule has 1 saturated heterocycles. The third kappa shape index (κ3) is 2.26. The van der Waals surface area contributed by atoms with Crippen molar-refractivity contribution in [3.05, 3.63) is 11.8 Å². The van der Waals surface area contributed by atoms with E-state index >= 15 is 0 Å². The maximum absolute atomic E-state index is 10.8. The molecule has 0 aromatic heterocycles. The second kappa shape index (κ2) is 4.01. The minimum Gasteiger partial charge on any atom is -0.462 e. The average Bonchev–Trinajstić information content (AvgIpc) is 2.37. The molecule has 0 amide bonds. The summed E-state index contributed by atoms with van der Waals surface area (Å²) in [6, 6.07) is 0. The molecule has 0 saturated carbocycles. The molecule has 1 aliphatic rings. The van der Waals surface area contributed by atoms with Gasteiger partial charge in [-0.1, -0.05) is 6.92 Å². The lowest BCUT2D eigenvalue weighted by Gasteiger charge is -1.96. The smallest absolute Gasteiger partial charge is 0.335 e. The van der Waals surface area contributed by atoms with E-state index in [-0.39, 0.29) is 5.97 Å². The minimum absolute atomic E-state index is 0.173. The van der Waals surface area contributed by atoms with Gasteiger partial charge >= 0.3 is 5.97 Å². The van der Waals surface area contributed by atoms with Crippen molar-refractivity contribution in [2.24, 2.45) is 0 Å². The van der Waals surface area contributed by atoms with Gasteiger partial charge in [-0.25, -0.2) is 4.79 Å². The normalized spacial score (nSPS) is 20.5. The summed E-state index contributed by atoms with van der Waals surface area (Å²) in [7, 11) is 0. The third-order valence-electron chi connectivity index (χ3n) is 1.54. The van der Waals surface area contributed by atoms with Gasteiger partial charge in [-0.05, 0) is 6.42 Å². The molecule has 1 N–H and O–H groups in total. The number of cyclic esters (lactones) is 1. The fourth-order valence-electron chi connectivity index (χ4n) is 0.919. The zero-order valence-corrected chi connectivity index (χ0v) is 6.72. The van der Waals surface area contributed by atoms with Crippen molar-refractivity contribution in [3.8, 4) is 0 Å². The number of esters is 1. The molecule has 1 fully saturated rings. The molecule has 0 atom stereocenters. The predicted octanol–water partition coefficient (Wildman–Crippen LogP) is 0.817. The largest absolute Gasteiger partial charge is 0.462 e. The molecule has 3 heteroatoms. The molecular formula is C8H13NO2. The van der Waals surface area contributed by atoms with E-state index in [1.807, 2.05) is 0 Å². The topological polar surface area (TPSA) is 38.3 Å². The molecule has 0 bridgehead atoms. The summed E-state index contributed by atoms with van der Waals surface area (Å²) in [5.41, 5.74) is 0.762. The fraction of sp³-hybridized carbons (Fsp3) is 0.625. The first-order valence-electron chi connectivity index (χ1n) is 3.94. The Kier molecular flexibility index (Phi) is 2.95. The Bertz CT molecular complexity index is 175. The number of ether oxygens (including phenoxy) is 1. The van der Waals surface area contributed by atoms with E-state index < -0.39 is 0 Å². The number of carbonyl (C=O) groups excluding carboxylic acids is 1. The second-order valence-electron chi connectivity index (χ2n) is 2.51. The molecule has 0 radical (unpaired) electrons. The number of rotatable bonds is 3. The second-order valence-corrected chi connectivity index (χ2v) is 2.51. The van der Waals surface area contributed by atoms with Crippen molar-refractivity contribution in [3.63, 3.8) is 0 Å². The predicted molar refractivity (Wildman–Crippen MR) is 42.0 cm³/mol. The van der Waals surface area contributed by atoms with Gasteiger partial charge in [-0.15, -0.1) is 0 Å². The van der Waals surface area contributed by atoms with E-state index in [0.717, 1.165) is 25.0 Å². The molecule has 3 nitrogen and oxygen atoms in total. The van der Waals surface area contributed by atoms with Crippen molar-refractivity contribution in [2.45, 2.75) is 19.8 Å². The standard InChI is InChI=1S/C8H13NO2/c1-2-4-9-6-7-3-5-11-8(7)10/h6,9H,2-5H2,1H3/b7-6-. The van der Waals surface area contributed by atoms with E-state index in [1.54, 1.807) is 6.20 Å². The lowest BCUT2D eigenvalue weighted by atomic mass is 10.2. The Morgan fingerprint density at radius 2 is 2.55 bits per heavy atom. The van der Waals surface area contributed by atoms with Crippen molar-refractivity contribution in [2.75, 3.05) is 13.2 Å². The van der Waals surface area contributed by atoms with Crippen LogP contribution in [0.5, 0.6) is 0 Å². The third-order valence-corrected chi connectivity index (χ3v) is 1.54. The monoisotopic (exact) mass is 155 g/mol. The van der Waals surface area contributed by atoms with Crippen molar-refractivity contribution in [1.29, 1.82) is 0 Å². The summed E-state index contributed by atoms with van der Waals surface area (Å²) in [5.74, 6) is -0.173. The van der Waals surface area contributed by atoms with Crippen LogP contribution in [0.25, 0.3) is 0 Å². The summed E-state index contributed by atoms with van der Waals surface area (Å²) in [4.78, 5) is 10.8.